The van der Waals surface area contributed by atoms with Crippen molar-refractivity contribution in [3.63, 3.8) is 0 Å². The Labute approximate surface area is 96.3 Å². The molecule has 88 valence electrons. The zero-order valence-corrected chi connectivity index (χ0v) is 9.77. The Morgan fingerprint density at radius 1 is 1.25 bits per heavy atom. The van der Waals surface area contributed by atoms with Crippen molar-refractivity contribution in [2.75, 3.05) is 13.2 Å². The molecule has 1 aromatic carbocycles. The van der Waals surface area contributed by atoms with Crippen LogP contribution < -0.4 is 0 Å². The third-order valence-corrected chi connectivity index (χ3v) is 2.20. The quantitative estimate of drug-likeness (QED) is 0.752. The van der Waals surface area contributed by atoms with Gasteiger partial charge in [0.05, 0.1) is 0 Å². The van der Waals surface area contributed by atoms with Crippen molar-refractivity contribution >= 4 is 6.08 Å². The van der Waals surface area contributed by atoms with E-state index in [-0.39, 0.29) is 0 Å². The van der Waals surface area contributed by atoms with Crippen LogP contribution in [0.15, 0.2) is 30.8 Å². The molecule has 0 aliphatic rings. The molecule has 16 heavy (non-hydrogen) atoms. The first-order chi connectivity index (χ1) is 7.68. The van der Waals surface area contributed by atoms with Crippen LogP contribution in [-0.4, -0.2) is 18.3 Å². The summed E-state index contributed by atoms with van der Waals surface area (Å²) >= 11 is 0. The molecule has 3 heteroatoms. The molecular weight excluding hydrogens is 204 g/mol. The second-order valence-corrected chi connectivity index (χ2v) is 3.24. The summed E-state index contributed by atoms with van der Waals surface area (Å²) < 4.78 is 10.6. The second-order valence-electron chi connectivity index (χ2n) is 3.24. The summed E-state index contributed by atoms with van der Waals surface area (Å²) in [6.45, 7) is 8.04. The minimum atomic E-state index is -1.69. The number of benzene rings is 1. The molecule has 1 rings (SSSR count). The third-order valence-electron chi connectivity index (χ3n) is 2.20. The van der Waals surface area contributed by atoms with Gasteiger partial charge < -0.3 is 14.6 Å². The molecule has 0 aromatic heterocycles. The molecule has 0 atom stereocenters. The molecular formula is C13H18O3. The van der Waals surface area contributed by atoms with Gasteiger partial charge in [-0.1, -0.05) is 36.9 Å². The molecule has 0 aliphatic carbocycles. The molecule has 0 heterocycles. The SMILES string of the molecule is C=Cc1ccccc1C(O)(OCC)OCC. The molecule has 0 bridgehead atoms. The lowest BCUT2D eigenvalue weighted by Gasteiger charge is -2.28. The van der Waals surface area contributed by atoms with Crippen molar-refractivity contribution in [2.45, 2.75) is 19.8 Å². The zero-order valence-electron chi connectivity index (χ0n) is 9.77. The molecule has 0 fully saturated rings. The predicted octanol–water partition coefficient (Wildman–Crippen LogP) is 2.51. The van der Waals surface area contributed by atoms with Crippen molar-refractivity contribution in [2.24, 2.45) is 0 Å². The molecule has 1 aromatic rings. The largest absolute Gasteiger partial charge is 0.339 e. The summed E-state index contributed by atoms with van der Waals surface area (Å²) in [6.07, 6.45) is 1.67. The van der Waals surface area contributed by atoms with Gasteiger partial charge in [0.2, 0.25) is 0 Å². The van der Waals surface area contributed by atoms with Gasteiger partial charge in [-0.2, -0.15) is 0 Å². The Morgan fingerprint density at radius 3 is 2.31 bits per heavy atom. The number of rotatable bonds is 6. The van der Waals surface area contributed by atoms with Crippen molar-refractivity contribution < 1.29 is 14.6 Å². The first-order valence-electron chi connectivity index (χ1n) is 5.40. The second kappa shape index (κ2) is 5.80. The van der Waals surface area contributed by atoms with E-state index in [2.05, 4.69) is 6.58 Å². The first kappa shape index (κ1) is 12.9. The highest BCUT2D eigenvalue weighted by molar-refractivity contribution is 5.52. The summed E-state index contributed by atoms with van der Waals surface area (Å²) in [7, 11) is 0. The van der Waals surface area contributed by atoms with E-state index in [4.69, 9.17) is 9.47 Å². The highest BCUT2D eigenvalue weighted by atomic mass is 16.8. The van der Waals surface area contributed by atoms with Gasteiger partial charge in [0.15, 0.2) is 0 Å². The zero-order chi connectivity index (χ0) is 12.0. The summed E-state index contributed by atoms with van der Waals surface area (Å²) in [4.78, 5) is 0. The molecule has 0 aliphatic heterocycles. The molecule has 0 saturated heterocycles. The lowest BCUT2D eigenvalue weighted by molar-refractivity contribution is -0.370. The van der Waals surface area contributed by atoms with Gasteiger partial charge in [-0.25, -0.2) is 0 Å². The maximum Gasteiger partial charge on any atom is 0.310 e. The molecule has 0 amide bonds. The van der Waals surface area contributed by atoms with Crippen LogP contribution in [0.2, 0.25) is 0 Å². The standard InChI is InChI=1S/C13H18O3/c1-4-11-9-7-8-10-12(11)13(14,15-5-2)16-6-3/h4,7-10,14H,1,5-6H2,2-3H3. The fourth-order valence-corrected chi connectivity index (χ4v) is 1.55. The highest BCUT2D eigenvalue weighted by Crippen LogP contribution is 2.28. The minimum Gasteiger partial charge on any atom is -0.339 e. The van der Waals surface area contributed by atoms with E-state index in [1.165, 1.54) is 0 Å². The maximum atomic E-state index is 10.3. The lowest BCUT2D eigenvalue weighted by atomic mass is 10.1. The number of hydrogen-bond acceptors (Lipinski definition) is 3. The first-order valence-corrected chi connectivity index (χ1v) is 5.40. The van der Waals surface area contributed by atoms with Gasteiger partial charge in [-0.3, -0.25) is 0 Å². The van der Waals surface area contributed by atoms with E-state index in [1.54, 1.807) is 26.0 Å². The predicted molar refractivity (Wildman–Crippen MR) is 63.7 cm³/mol. The van der Waals surface area contributed by atoms with Gasteiger partial charge in [0.25, 0.3) is 0 Å². The van der Waals surface area contributed by atoms with E-state index in [0.29, 0.717) is 18.8 Å². The summed E-state index contributed by atoms with van der Waals surface area (Å²) in [5.41, 5.74) is 1.38. The van der Waals surface area contributed by atoms with Crippen molar-refractivity contribution in [1.29, 1.82) is 0 Å². The van der Waals surface area contributed by atoms with Crippen LogP contribution >= 0.6 is 0 Å². The van der Waals surface area contributed by atoms with Gasteiger partial charge in [0, 0.05) is 18.8 Å². The Morgan fingerprint density at radius 2 is 1.81 bits per heavy atom. The summed E-state index contributed by atoms with van der Waals surface area (Å²) in [6, 6.07) is 7.32. The number of ether oxygens (including phenoxy) is 2. The van der Waals surface area contributed by atoms with Crippen LogP contribution in [0.1, 0.15) is 25.0 Å². The van der Waals surface area contributed by atoms with Gasteiger partial charge >= 0.3 is 5.97 Å². The van der Waals surface area contributed by atoms with E-state index in [9.17, 15) is 5.11 Å². The number of hydrogen-bond donors (Lipinski definition) is 1. The fraction of sp³-hybridized carbons (Fsp3) is 0.385. The van der Waals surface area contributed by atoms with Gasteiger partial charge in [-0.15, -0.1) is 0 Å². The topological polar surface area (TPSA) is 38.7 Å². The minimum absolute atomic E-state index is 0.363. The average molecular weight is 222 g/mol. The van der Waals surface area contributed by atoms with Crippen molar-refractivity contribution in [1.82, 2.24) is 0 Å². The van der Waals surface area contributed by atoms with E-state index < -0.39 is 5.97 Å². The van der Waals surface area contributed by atoms with Crippen LogP contribution in [-0.2, 0) is 15.4 Å². The van der Waals surface area contributed by atoms with Crippen LogP contribution in [0.3, 0.4) is 0 Å². The Balaban J connectivity index is 3.14. The molecule has 1 N–H and O–H groups in total. The highest BCUT2D eigenvalue weighted by Gasteiger charge is 2.32. The average Bonchev–Trinajstić information content (AvgIpc) is 2.29. The van der Waals surface area contributed by atoms with E-state index in [0.717, 1.165) is 5.56 Å². The molecule has 0 spiro atoms. The Kier molecular flexibility index (Phi) is 4.68. The summed E-state index contributed by atoms with van der Waals surface area (Å²) in [5, 5.41) is 10.3. The maximum absolute atomic E-state index is 10.3. The van der Waals surface area contributed by atoms with Crippen molar-refractivity contribution in [3.8, 4) is 0 Å². The lowest BCUT2D eigenvalue weighted by Crippen LogP contribution is -2.33. The summed E-state index contributed by atoms with van der Waals surface area (Å²) in [5.74, 6) is -1.69. The van der Waals surface area contributed by atoms with E-state index >= 15 is 0 Å². The monoisotopic (exact) mass is 222 g/mol. The molecule has 3 nitrogen and oxygen atoms in total. The van der Waals surface area contributed by atoms with Gasteiger partial charge in [0.1, 0.15) is 0 Å². The third kappa shape index (κ3) is 2.70. The molecule has 0 radical (unpaired) electrons. The Hall–Kier alpha value is -1.16. The molecule has 0 unspecified atom stereocenters. The van der Waals surface area contributed by atoms with Crippen LogP contribution in [0.5, 0.6) is 0 Å². The fourth-order valence-electron chi connectivity index (χ4n) is 1.55. The molecule has 0 saturated carbocycles. The van der Waals surface area contributed by atoms with E-state index in [1.807, 2.05) is 18.2 Å². The van der Waals surface area contributed by atoms with Crippen LogP contribution in [0.4, 0.5) is 0 Å². The van der Waals surface area contributed by atoms with Gasteiger partial charge in [-0.05, 0) is 19.4 Å². The van der Waals surface area contributed by atoms with Crippen molar-refractivity contribution in [3.05, 3.63) is 42.0 Å². The normalized spacial score (nSPS) is 11.4. The number of aliphatic hydroxyl groups is 1. The smallest absolute Gasteiger partial charge is 0.310 e. The van der Waals surface area contributed by atoms with Crippen LogP contribution in [0, 0.1) is 0 Å². The van der Waals surface area contributed by atoms with Crippen LogP contribution in [0.25, 0.3) is 6.08 Å². The Bertz CT molecular complexity index is 341.